The van der Waals surface area contributed by atoms with Gasteiger partial charge in [0, 0.05) is 0 Å². The summed E-state index contributed by atoms with van der Waals surface area (Å²) < 4.78 is 0. The smallest absolute Gasteiger partial charge is 0.0684 e. The molecule has 0 aliphatic carbocycles. The van der Waals surface area contributed by atoms with E-state index in [1.165, 1.54) is 0 Å². The van der Waals surface area contributed by atoms with E-state index in [0.717, 1.165) is 11.1 Å². The molecule has 1 aromatic carbocycles. The van der Waals surface area contributed by atoms with Crippen LogP contribution in [0, 0.1) is 5.41 Å². The Labute approximate surface area is 91.0 Å². The predicted molar refractivity (Wildman–Crippen MR) is 66.4 cm³/mol. The lowest BCUT2D eigenvalue weighted by Gasteiger charge is -2.03. The van der Waals surface area contributed by atoms with Gasteiger partial charge in [0.15, 0.2) is 0 Å². The molecule has 0 spiro atoms. The maximum atomic E-state index is 7.99. The number of hydrogen-bond acceptors (Lipinski definition) is 1. The van der Waals surface area contributed by atoms with Crippen molar-refractivity contribution in [1.82, 2.24) is 0 Å². The van der Waals surface area contributed by atoms with E-state index >= 15 is 0 Å². The van der Waals surface area contributed by atoms with Gasteiger partial charge in [-0.2, -0.15) is 0 Å². The molecule has 76 valence electrons. The fourth-order valence-corrected chi connectivity index (χ4v) is 1.22. The summed E-state index contributed by atoms with van der Waals surface area (Å²) in [6.07, 6.45) is 7.44. The third-order valence-electron chi connectivity index (χ3n) is 2.04. The number of allylic oxidation sites excluding steroid dienone is 5. The standard InChI is InChI=1S/C14H15N/c1-3-5-9-12(4-2)14(15)13-10-7-6-8-11-13/h3-11,15H,2H2,1H3/b5-3-,12-9+,15-14?. The minimum atomic E-state index is 0.503. The van der Waals surface area contributed by atoms with Crippen molar-refractivity contribution in [3.63, 3.8) is 0 Å². The van der Waals surface area contributed by atoms with Crippen LogP contribution in [0.15, 0.2) is 66.8 Å². The third-order valence-corrected chi connectivity index (χ3v) is 2.04. The molecule has 0 unspecified atom stereocenters. The van der Waals surface area contributed by atoms with Gasteiger partial charge >= 0.3 is 0 Å². The van der Waals surface area contributed by atoms with Crippen LogP contribution in [0.1, 0.15) is 12.5 Å². The fourth-order valence-electron chi connectivity index (χ4n) is 1.22. The van der Waals surface area contributed by atoms with Gasteiger partial charge in [0.2, 0.25) is 0 Å². The highest BCUT2D eigenvalue weighted by molar-refractivity contribution is 6.12. The Morgan fingerprint density at radius 3 is 2.47 bits per heavy atom. The van der Waals surface area contributed by atoms with Crippen molar-refractivity contribution in [2.45, 2.75) is 6.92 Å². The van der Waals surface area contributed by atoms with Crippen LogP contribution in [0.25, 0.3) is 0 Å². The monoisotopic (exact) mass is 197 g/mol. The molecular weight excluding hydrogens is 182 g/mol. The van der Waals surface area contributed by atoms with Crippen LogP contribution in [-0.4, -0.2) is 5.71 Å². The highest BCUT2D eigenvalue weighted by Crippen LogP contribution is 2.09. The highest BCUT2D eigenvalue weighted by atomic mass is 14.4. The minimum absolute atomic E-state index is 0.503. The molecule has 0 heterocycles. The molecule has 0 bridgehead atoms. The number of nitrogens with one attached hydrogen (secondary N) is 1. The van der Waals surface area contributed by atoms with Crippen LogP contribution in [0.5, 0.6) is 0 Å². The van der Waals surface area contributed by atoms with Crippen molar-refractivity contribution < 1.29 is 0 Å². The predicted octanol–water partition coefficient (Wildman–Crippen LogP) is 3.74. The summed E-state index contributed by atoms with van der Waals surface area (Å²) in [5.41, 5.74) is 2.25. The summed E-state index contributed by atoms with van der Waals surface area (Å²) in [6.45, 7) is 5.67. The molecule has 0 fully saturated rings. The van der Waals surface area contributed by atoms with Crippen LogP contribution >= 0.6 is 0 Å². The quantitative estimate of drug-likeness (QED) is 0.561. The van der Waals surface area contributed by atoms with Gasteiger partial charge in [0.1, 0.15) is 0 Å². The van der Waals surface area contributed by atoms with E-state index in [9.17, 15) is 0 Å². The first kappa shape index (κ1) is 11.2. The van der Waals surface area contributed by atoms with Crippen LogP contribution in [0.2, 0.25) is 0 Å². The van der Waals surface area contributed by atoms with Gasteiger partial charge in [-0.25, -0.2) is 0 Å². The molecule has 0 atom stereocenters. The zero-order chi connectivity index (χ0) is 11.1. The number of rotatable bonds is 4. The summed E-state index contributed by atoms with van der Waals surface area (Å²) in [5.74, 6) is 0. The van der Waals surface area contributed by atoms with Gasteiger partial charge < -0.3 is 0 Å². The Hall–Kier alpha value is -1.89. The van der Waals surface area contributed by atoms with Crippen LogP contribution in [0.4, 0.5) is 0 Å². The second-order valence-corrected chi connectivity index (χ2v) is 3.09. The number of benzene rings is 1. The van der Waals surface area contributed by atoms with Gasteiger partial charge in [-0.15, -0.1) is 0 Å². The lowest BCUT2D eigenvalue weighted by molar-refractivity contribution is 1.46. The molecule has 0 radical (unpaired) electrons. The topological polar surface area (TPSA) is 23.9 Å². The molecule has 0 saturated carbocycles. The molecule has 1 nitrogen and oxygen atoms in total. The van der Waals surface area contributed by atoms with Gasteiger partial charge in [-0.05, 0) is 18.1 Å². The van der Waals surface area contributed by atoms with Crippen LogP contribution in [0.3, 0.4) is 0 Å². The molecule has 1 rings (SSSR count). The molecule has 1 heteroatoms. The fraction of sp³-hybridized carbons (Fsp3) is 0.0714. The van der Waals surface area contributed by atoms with E-state index < -0.39 is 0 Å². The lowest BCUT2D eigenvalue weighted by atomic mass is 10.0. The summed E-state index contributed by atoms with van der Waals surface area (Å²) in [7, 11) is 0. The minimum Gasteiger partial charge on any atom is -0.300 e. The molecule has 0 aliphatic rings. The summed E-state index contributed by atoms with van der Waals surface area (Å²) in [4.78, 5) is 0. The maximum absolute atomic E-state index is 7.99. The first-order chi connectivity index (χ1) is 7.29. The summed E-state index contributed by atoms with van der Waals surface area (Å²) in [6, 6.07) is 9.66. The molecule has 0 aromatic heterocycles. The van der Waals surface area contributed by atoms with Crippen molar-refractivity contribution in [3.8, 4) is 0 Å². The van der Waals surface area contributed by atoms with E-state index in [2.05, 4.69) is 6.58 Å². The zero-order valence-electron chi connectivity index (χ0n) is 8.90. The first-order valence-corrected chi connectivity index (χ1v) is 4.89. The first-order valence-electron chi connectivity index (χ1n) is 4.89. The van der Waals surface area contributed by atoms with E-state index in [1.54, 1.807) is 6.08 Å². The molecule has 0 amide bonds. The third kappa shape index (κ3) is 3.06. The van der Waals surface area contributed by atoms with E-state index in [1.807, 2.05) is 55.5 Å². The van der Waals surface area contributed by atoms with E-state index in [-0.39, 0.29) is 0 Å². The Bertz CT molecular complexity index is 397. The van der Waals surface area contributed by atoms with Crippen molar-refractivity contribution >= 4 is 5.71 Å². The molecule has 1 aromatic rings. The lowest BCUT2D eigenvalue weighted by Crippen LogP contribution is -2.00. The molecule has 0 aliphatic heterocycles. The number of hydrogen-bond donors (Lipinski definition) is 1. The van der Waals surface area contributed by atoms with Crippen LogP contribution in [-0.2, 0) is 0 Å². The van der Waals surface area contributed by atoms with E-state index in [0.29, 0.717) is 5.71 Å². The normalized spacial score (nSPS) is 11.7. The van der Waals surface area contributed by atoms with Gasteiger partial charge in [-0.3, -0.25) is 5.41 Å². The Kier molecular flexibility index (Phi) is 4.30. The molecule has 0 saturated heterocycles. The molecule has 15 heavy (non-hydrogen) atoms. The van der Waals surface area contributed by atoms with E-state index in [4.69, 9.17) is 5.41 Å². The Morgan fingerprint density at radius 2 is 1.93 bits per heavy atom. The summed E-state index contributed by atoms with van der Waals surface area (Å²) >= 11 is 0. The zero-order valence-corrected chi connectivity index (χ0v) is 8.90. The molecule has 1 N–H and O–H groups in total. The van der Waals surface area contributed by atoms with Crippen LogP contribution < -0.4 is 0 Å². The highest BCUT2D eigenvalue weighted by Gasteiger charge is 2.02. The average molecular weight is 197 g/mol. The SMILES string of the molecule is C=C/C(=C\C=C/C)C(=N)c1ccccc1. The summed E-state index contributed by atoms with van der Waals surface area (Å²) in [5, 5.41) is 7.99. The van der Waals surface area contributed by atoms with Crippen molar-refractivity contribution in [3.05, 3.63) is 72.4 Å². The second-order valence-electron chi connectivity index (χ2n) is 3.09. The van der Waals surface area contributed by atoms with Crippen molar-refractivity contribution in [1.29, 1.82) is 5.41 Å². The van der Waals surface area contributed by atoms with Gasteiger partial charge in [0.05, 0.1) is 5.71 Å². The van der Waals surface area contributed by atoms with Crippen molar-refractivity contribution in [2.75, 3.05) is 0 Å². The largest absolute Gasteiger partial charge is 0.300 e. The molecular formula is C14H15N. The Balaban J connectivity index is 2.97. The Morgan fingerprint density at radius 1 is 1.27 bits per heavy atom. The van der Waals surface area contributed by atoms with Crippen molar-refractivity contribution in [2.24, 2.45) is 0 Å². The van der Waals surface area contributed by atoms with Gasteiger partial charge in [0.25, 0.3) is 0 Å². The average Bonchev–Trinajstić information content (AvgIpc) is 2.31. The maximum Gasteiger partial charge on any atom is 0.0684 e. The van der Waals surface area contributed by atoms with Gasteiger partial charge in [-0.1, -0.05) is 61.2 Å². The second kappa shape index (κ2) is 5.76.